The molecule has 0 atom stereocenters. The highest BCUT2D eigenvalue weighted by molar-refractivity contribution is 8.15. The molecule has 20 heavy (non-hydrogen) atoms. The maximum absolute atomic E-state index is 6.26. The van der Waals surface area contributed by atoms with Gasteiger partial charge < -0.3 is 24.0 Å². The standard InChI is InChI=1S/C13H28N4PS.HI/c1-7-16(8-2)18(19,17(9-3)10-4)13-14(5)11-12-15(13)6;/h11-12H,7-10H2,1-6H3;1H/q+1;/p-1. The van der Waals surface area contributed by atoms with Crippen molar-refractivity contribution < 1.29 is 28.5 Å². The summed E-state index contributed by atoms with van der Waals surface area (Å²) in [5, 5.41) is 0. The van der Waals surface area contributed by atoms with E-state index in [4.69, 9.17) is 11.8 Å². The average Bonchev–Trinajstić information content (AvgIpc) is 2.72. The van der Waals surface area contributed by atoms with E-state index in [1.807, 2.05) is 0 Å². The van der Waals surface area contributed by atoms with Crippen LogP contribution in [0, 0.1) is 0 Å². The molecule has 7 heteroatoms. The summed E-state index contributed by atoms with van der Waals surface area (Å²) in [5.41, 5.74) is 1.26. The minimum Gasteiger partial charge on any atom is -1.00 e. The van der Waals surface area contributed by atoms with E-state index >= 15 is 0 Å². The molecule has 0 saturated carbocycles. The van der Waals surface area contributed by atoms with Gasteiger partial charge in [-0.3, -0.25) is 9.34 Å². The van der Waals surface area contributed by atoms with Crippen LogP contribution in [-0.2, 0) is 25.9 Å². The van der Waals surface area contributed by atoms with Crippen molar-refractivity contribution in [3.8, 4) is 0 Å². The number of aryl methyl sites for hydroxylation is 2. The van der Waals surface area contributed by atoms with Crippen LogP contribution in [0.15, 0.2) is 12.4 Å². The van der Waals surface area contributed by atoms with E-state index in [0.29, 0.717) is 0 Å². The summed E-state index contributed by atoms with van der Waals surface area (Å²) in [6.07, 6.45) is 2.31. The first-order valence-electron chi connectivity index (χ1n) is 7.09. The summed E-state index contributed by atoms with van der Waals surface area (Å²) in [6.45, 7) is 12.8. The lowest BCUT2D eigenvalue weighted by atomic mass is 10.7. The van der Waals surface area contributed by atoms with E-state index in [2.05, 4.69) is 72.7 Å². The smallest absolute Gasteiger partial charge is 0.315 e. The van der Waals surface area contributed by atoms with Crippen LogP contribution in [0.1, 0.15) is 27.7 Å². The van der Waals surface area contributed by atoms with Gasteiger partial charge in [-0.1, -0.05) is 39.5 Å². The highest BCUT2D eigenvalue weighted by Crippen LogP contribution is 2.50. The molecular formula is C13H28IN4PS. The molecule has 1 rings (SSSR count). The monoisotopic (exact) mass is 430 g/mol. The van der Waals surface area contributed by atoms with Crippen LogP contribution < -0.4 is 34.1 Å². The fourth-order valence-corrected chi connectivity index (χ4v) is 8.15. The van der Waals surface area contributed by atoms with Crippen LogP contribution in [0.5, 0.6) is 0 Å². The molecule has 0 aliphatic rings. The van der Waals surface area contributed by atoms with Crippen LogP contribution in [0.4, 0.5) is 0 Å². The highest BCUT2D eigenvalue weighted by Gasteiger charge is 2.40. The number of aromatic nitrogens is 2. The number of hydrogen-bond donors (Lipinski definition) is 0. The first-order valence-corrected chi connectivity index (χ1v) is 9.80. The molecule has 0 aromatic carbocycles. The van der Waals surface area contributed by atoms with Gasteiger partial charge in [0, 0.05) is 26.2 Å². The van der Waals surface area contributed by atoms with Crippen molar-refractivity contribution in [3.63, 3.8) is 0 Å². The Bertz CT molecular complexity index is 420. The average molecular weight is 430 g/mol. The van der Waals surface area contributed by atoms with Gasteiger partial charge in [0.25, 0.3) is 0 Å². The predicted molar refractivity (Wildman–Crippen MR) is 86.4 cm³/mol. The second kappa shape index (κ2) is 8.83. The Morgan fingerprint density at radius 2 is 1.50 bits per heavy atom. The molecular weight excluding hydrogens is 402 g/mol. The third-order valence-electron chi connectivity index (χ3n) is 3.63. The Morgan fingerprint density at radius 1 is 1.10 bits per heavy atom. The molecule has 0 fully saturated rings. The molecule has 0 radical (unpaired) electrons. The topological polar surface area (TPSA) is 15.3 Å². The van der Waals surface area contributed by atoms with Gasteiger partial charge in [0.05, 0.1) is 14.1 Å². The van der Waals surface area contributed by atoms with Crippen LogP contribution in [0.3, 0.4) is 0 Å². The van der Waals surface area contributed by atoms with Crippen molar-refractivity contribution in [1.82, 2.24) is 13.9 Å². The molecule has 4 nitrogen and oxygen atoms in total. The SMILES string of the molecule is CCN(CC)P(=S)(c1n(C)cc[n+]1C)N(CC)CC.[I-]. The van der Waals surface area contributed by atoms with E-state index in [1.54, 1.807) is 0 Å². The molecule has 0 amide bonds. The number of hydrogen-bond acceptors (Lipinski definition) is 1. The third-order valence-corrected chi connectivity index (χ3v) is 9.32. The first kappa shape index (κ1) is 20.5. The summed E-state index contributed by atoms with van der Waals surface area (Å²) in [5.74, 6) is 0. The molecule has 1 heterocycles. The van der Waals surface area contributed by atoms with Crippen LogP contribution in [-0.4, -0.2) is 40.1 Å². The van der Waals surface area contributed by atoms with Gasteiger partial charge in [-0.2, -0.15) is 0 Å². The maximum atomic E-state index is 6.26. The number of nitrogens with zero attached hydrogens (tertiary/aromatic N) is 4. The van der Waals surface area contributed by atoms with Crippen molar-refractivity contribution in [2.75, 3.05) is 26.2 Å². The maximum Gasteiger partial charge on any atom is 0.315 e. The number of imidazole rings is 1. The Labute approximate surface area is 146 Å². The quantitative estimate of drug-likeness (QED) is 0.297. The molecule has 0 unspecified atom stereocenters. The molecule has 0 aliphatic heterocycles. The van der Waals surface area contributed by atoms with Gasteiger partial charge in [-0.25, -0.2) is 9.13 Å². The van der Waals surface area contributed by atoms with Crippen molar-refractivity contribution in [1.29, 1.82) is 0 Å². The van der Waals surface area contributed by atoms with E-state index in [9.17, 15) is 0 Å². The summed E-state index contributed by atoms with van der Waals surface area (Å²) in [4.78, 5) is 0. The lowest BCUT2D eigenvalue weighted by molar-refractivity contribution is -0.652. The molecule has 0 saturated heterocycles. The van der Waals surface area contributed by atoms with Crippen molar-refractivity contribution in [2.45, 2.75) is 27.7 Å². The zero-order chi connectivity index (χ0) is 14.6. The molecule has 0 aliphatic carbocycles. The molecule has 1 aromatic rings. The summed E-state index contributed by atoms with van der Waals surface area (Å²) >= 11 is 6.26. The summed E-state index contributed by atoms with van der Waals surface area (Å²) in [7, 11) is 4.20. The Kier molecular flexibility index (Phi) is 9.06. The van der Waals surface area contributed by atoms with E-state index in [1.165, 1.54) is 5.57 Å². The Morgan fingerprint density at radius 3 is 1.75 bits per heavy atom. The molecule has 118 valence electrons. The van der Waals surface area contributed by atoms with Crippen molar-refractivity contribution >= 4 is 23.7 Å². The van der Waals surface area contributed by atoms with Gasteiger partial charge in [0.1, 0.15) is 12.4 Å². The predicted octanol–water partition coefficient (Wildman–Crippen LogP) is -1.53. The molecule has 1 aromatic heterocycles. The molecule has 0 N–H and O–H groups in total. The number of halogens is 1. The van der Waals surface area contributed by atoms with E-state index < -0.39 is 6.34 Å². The lowest BCUT2D eigenvalue weighted by Gasteiger charge is -2.38. The fraction of sp³-hybridized carbons (Fsp3) is 0.769. The Hall–Kier alpha value is 0.510. The third kappa shape index (κ3) is 3.64. The van der Waals surface area contributed by atoms with Gasteiger partial charge in [0.15, 0.2) is 6.34 Å². The summed E-state index contributed by atoms with van der Waals surface area (Å²) < 4.78 is 9.31. The van der Waals surface area contributed by atoms with E-state index in [0.717, 1.165) is 26.2 Å². The largest absolute Gasteiger partial charge is 1.00 e. The second-order valence-electron chi connectivity index (χ2n) is 4.64. The zero-order valence-electron chi connectivity index (χ0n) is 13.5. The normalized spacial score (nSPS) is 12.0. The van der Waals surface area contributed by atoms with Gasteiger partial charge in [0.2, 0.25) is 0 Å². The zero-order valence-corrected chi connectivity index (χ0v) is 17.4. The minimum atomic E-state index is -1.89. The number of rotatable bonds is 7. The highest BCUT2D eigenvalue weighted by atomic mass is 127. The second-order valence-corrected chi connectivity index (χ2v) is 8.79. The van der Waals surface area contributed by atoms with Gasteiger partial charge >= 0.3 is 5.57 Å². The van der Waals surface area contributed by atoms with Gasteiger partial charge in [-0.05, 0) is 0 Å². The van der Waals surface area contributed by atoms with Crippen LogP contribution >= 0.6 is 6.34 Å². The van der Waals surface area contributed by atoms with Crippen LogP contribution in [0.25, 0.3) is 0 Å². The molecule has 0 bridgehead atoms. The Balaban J connectivity index is 0.00000361. The first-order chi connectivity index (χ1) is 8.97. The van der Waals surface area contributed by atoms with Crippen molar-refractivity contribution in [2.24, 2.45) is 14.1 Å². The fourth-order valence-electron chi connectivity index (χ4n) is 2.64. The lowest BCUT2D eigenvalue weighted by Crippen LogP contribution is -3.00. The van der Waals surface area contributed by atoms with Crippen molar-refractivity contribution in [3.05, 3.63) is 12.4 Å². The summed E-state index contributed by atoms with van der Waals surface area (Å²) in [6, 6.07) is 0. The van der Waals surface area contributed by atoms with Gasteiger partial charge in [-0.15, -0.1) is 0 Å². The molecule has 0 spiro atoms. The minimum absolute atomic E-state index is 0. The van der Waals surface area contributed by atoms with E-state index in [-0.39, 0.29) is 24.0 Å². The van der Waals surface area contributed by atoms with Crippen LogP contribution in [0.2, 0.25) is 0 Å².